The predicted molar refractivity (Wildman–Crippen MR) is 51.4 cm³/mol. The smallest absolute Gasteiger partial charge is 0.356 e. The molecule has 6 heteroatoms. The summed E-state index contributed by atoms with van der Waals surface area (Å²) >= 11 is 0. The molecule has 0 unspecified atom stereocenters. The molecule has 0 aliphatic heterocycles. The van der Waals surface area contributed by atoms with Crippen LogP contribution in [0.4, 0.5) is 0 Å². The summed E-state index contributed by atoms with van der Waals surface area (Å²) in [5, 5.41) is 9.01. The van der Waals surface area contributed by atoms with Crippen LogP contribution in [0.3, 0.4) is 0 Å². The summed E-state index contributed by atoms with van der Waals surface area (Å²) in [5.74, 6) is -0.0502. The fourth-order valence-electron chi connectivity index (χ4n) is 1.24. The molecule has 0 atom stereocenters. The number of aliphatic hydroxyl groups excluding tert-OH is 1. The number of esters is 1. The Bertz CT molecular complexity index is 335. The Balaban J connectivity index is 2.94. The van der Waals surface area contributed by atoms with E-state index >= 15 is 0 Å². The Morgan fingerprint density at radius 2 is 2.33 bits per heavy atom. The first-order valence-corrected chi connectivity index (χ1v) is 4.47. The molecule has 1 rings (SSSR count). The summed E-state index contributed by atoms with van der Waals surface area (Å²) in [6.07, 6.45) is 1.38. The van der Waals surface area contributed by atoms with E-state index in [9.17, 15) is 4.79 Å². The molecule has 1 aromatic heterocycles. The maximum atomic E-state index is 11.3. The zero-order valence-corrected chi connectivity index (χ0v) is 8.77. The van der Waals surface area contributed by atoms with Crippen LogP contribution >= 0.6 is 0 Å². The monoisotopic (exact) mass is 214 g/mol. The number of carbonyl (C=O) groups is 1. The number of hydrogen-bond donors (Lipinski definition) is 1. The fraction of sp³-hybridized carbons (Fsp3) is 0.556. The van der Waals surface area contributed by atoms with Crippen molar-refractivity contribution in [3.8, 4) is 0 Å². The zero-order valence-electron chi connectivity index (χ0n) is 8.77. The summed E-state index contributed by atoms with van der Waals surface area (Å²) in [6.45, 7) is 0.672. The molecule has 15 heavy (non-hydrogen) atoms. The molecular formula is C9H14N2O4. The normalized spacial score (nSPS) is 10.3. The van der Waals surface area contributed by atoms with Gasteiger partial charge in [0.25, 0.3) is 0 Å². The third-order valence-electron chi connectivity index (χ3n) is 1.99. The lowest BCUT2D eigenvalue weighted by atomic mass is 10.4. The van der Waals surface area contributed by atoms with Crippen LogP contribution in [0.1, 0.15) is 16.3 Å². The van der Waals surface area contributed by atoms with Gasteiger partial charge < -0.3 is 19.1 Å². The van der Waals surface area contributed by atoms with Gasteiger partial charge in [-0.2, -0.15) is 0 Å². The molecule has 1 heterocycles. The molecule has 0 aliphatic rings. The molecule has 0 bridgehead atoms. The second-order valence-corrected chi connectivity index (χ2v) is 2.85. The van der Waals surface area contributed by atoms with Gasteiger partial charge in [0.1, 0.15) is 18.1 Å². The minimum atomic E-state index is -0.474. The number of ether oxygens (including phenoxy) is 2. The second-order valence-electron chi connectivity index (χ2n) is 2.85. The van der Waals surface area contributed by atoms with Gasteiger partial charge in [0, 0.05) is 13.7 Å². The van der Waals surface area contributed by atoms with E-state index in [-0.39, 0.29) is 6.61 Å². The van der Waals surface area contributed by atoms with Gasteiger partial charge in [-0.05, 0) is 0 Å². The van der Waals surface area contributed by atoms with Crippen molar-refractivity contribution in [3.05, 3.63) is 17.7 Å². The first-order chi connectivity index (χ1) is 7.24. The Hall–Kier alpha value is -1.40. The van der Waals surface area contributed by atoms with Crippen LogP contribution in [0.25, 0.3) is 0 Å². The molecule has 0 fully saturated rings. The Labute approximate surface area is 87.4 Å². The first-order valence-electron chi connectivity index (χ1n) is 4.47. The summed E-state index contributed by atoms with van der Waals surface area (Å²) < 4.78 is 11.1. The van der Waals surface area contributed by atoms with Crippen molar-refractivity contribution in [1.29, 1.82) is 0 Å². The minimum absolute atomic E-state index is 0.222. The molecule has 0 radical (unpaired) electrons. The largest absolute Gasteiger partial charge is 0.464 e. The van der Waals surface area contributed by atoms with Gasteiger partial charge in [0.05, 0.1) is 19.9 Å². The van der Waals surface area contributed by atoms with Crippen LogP contribution in [0.15, 0.2) is 6.20 Å². The van der Waals surface area contributed by atoms with Crippen LogP contribution in [0.5, 0.6) is 0 Å². The molecule has 0 spiro atoms. The molecule has 6 nitrogen and oxygen atoms in total. The van der Waals surface area contributed by atoms with Crippen LogP contribution in [-0.2, 0) is 22.6 Å². The van der Waals surface area contributed by atoms with Gasteiger partial charge in [0.2, 0.25) is 0 Å². The average Bonchev–Trinajstić information content (AvgIpc) is 2.67. The van der Waals surface area contributed by atoms with Gasteiger partial charge in [-0.15, -0.1) is 0 Å². The van der Waals surface area contributed by atoms with E-state index < -0.39 is 5.97 Å². The van der Waals surface area contributed by atoms with Crippen molar-refractivity contribution < 1.29 is 19.4 Å². The van der Waals surface area contributed by atoms with Crippen molar-refractivity contribution in [2.75, 3.05) is 20.8 Å². The maximum Gasteiger partial charge on any atom is 0.356 e. The zero-order chi connectivity index (χ0) is 11.3. The van der Waals surface area contributed by atoms with E-state index in [0.717, 1.165) is 0 Å². The summed E-state index contributed by atoms with van der Waals surface area (Å²) in [4.78, 5) is 15.2. The molecule has 0 aliphatic carbocycles. The molecule has 0 aromatic carbocycles. The average molecular weight is 214 g/mol. The Morgan fingerprint density at radius 1 is 1.60 bits per heavy atom. The molecule has 0 saturated heterocycles. The number of carbonyl (C=O) groups excluding carboxylic acids is 1. The van der Waals surface area contributed by atoms with Gasteiger partial charge in [0.15, 0.2) is 0 Å². The number of imidazole rings is 1. The molecule has 84 valence electrons. The fourth-order valence-corrected chi connectivity index (χ4v) is 1.24. The van der Waals surface area contributed by atoms with E-state index in [0.29, 0.717) is 24.7 Å². The van der Waals surface area contributed by atoms with Crippen molar-refractivity contribution in [2.24, 2.45) is 0 Å². The lowest BCUT2D eigenvalue weighted by molar-refractivity contribution is 0.0585. The van der Waals surface area contributed by atoms with E-state index in [1.165, 1.54) is 13.3 Å². The Morgan fingerprint density at radius 3 is 2.87 bits per heavy atom. The van der Waals surface area contributed by atoms with Crippen LogP contribution < -0.4 is 0 Å². The van der Waals surface area contributed by atoms with Crippen molar-refractivity contribution in [2.45, 2.75) is 13.2 Å². The van der Waals surface area contributed by atoms with Gasteiger partial charge in [-0.25, -0.2) is 9.78 Å². The highest BCUT2D eigenvalue weighted by atomic mass is 16.5. The number of nitrogens with zero attached hydrogens (tertiary/aromatic N) is 2. The number of rotatable bonds is 5. The molecule has 1 N–H and O–H groups in total. The lowest BCUT2D eigenvalue weighted by Gasteiger charge is -2.08. The molecule has 1 aromatic rings. The number of methoxy groups -OCH3 is 2. The van der Waals surface area contributed by atoms with E-state index in [1.807, 2.05) is 0 Å². The van der Waals surface area contributed by atoms with E-state index in [1.54, 1.807) is 11.7 Å². The molecular weight excluding hydrogens is 200 g/mol. The SMILES string of the molecule is COCCn1c(C(=O)OC)cnc1CO. The number of aliphatic hydroxyl groups is 1. The highest BCUT2D eigenvalue weighted by molar-refractivity contribution is 5.87. The second kappa shape index (κ2) is 5.47. The summed E-state index contributed by atoms with van der Waals surface area (Å²) in [7, 11) is 2.86. The number of hydrogen-bond acceptors (Lipinski definition) is 5. The topological polar surface area (TPSA) is 73.6 Å². The van der Waals surface area contributed by atoms with Gasteiger partial charge in [-0.1, -0.05) is 0 Å². The summed E-state index contributed by atoms with van der Waals surface area (Å²) in [6, 6.07) is 0. The van der Waals surface area contributed by atoms with Crippen molar-refractivity contribution in [3.63, 3.8) is 0 Å². The van der Waals surface area contributed by atoms with Crippen LogP contribution in [0, 0.1) is 0 Å². The van der Waals surface area contributed by atoms with Crippen molar-refractivity contribution >= 4 is 5.97 Å². The van der Waals surface area contributed by atoms with Crippen LogP contribution in [-0.4, -0.2) is 41.5 Å². The van der Waals surface area contributed by atoms with Crippen LogP contribution in [0.2, 0.25) is 0 Å². The highest BCUT2D eigenvalue weighted by Gasteiger charge is 2.15. The Kier molecular flexibility index (Phi) is 4.26. The van der Waals surface area contributed by atoms with E-state index in [4.69, 9.17) is 9.84 Å². The quantitative estimate of drug-likeness (QED) is 0.687. The molecule has 0 amide bonds. The van der Waals surface area contributed by atoms with Gasteiger partial charge in [-0.3, -0.25) is 0 Å². The first kappa shape index (κ1) is 11.7. The highest BCUT2D eigenvalue weighted by Crippen LogP contribution is 2.07. The predicted octanol–water partition coefficient (Wildman–Crippen LogP) is -0.192. The maximum absolute atomic E-state index is 11.3. The van der Waals surface area contributed by atoms with E-state index in [2.05, 4.69) is 9.72 Å². The number of aromatic nitrogens is 2. The third-order valence-corrected chi connectivity index (χ3v) is 1.99. The summed E-state index contributed by atoms with van der Waals surface area (Å²) in [5.41, 5.74) is 0.318. The van der Waals surface area contributed by atoms with Gasteiger partial charge >= 0.3 is 5.97 Å². The third kappa shape index (κ3) is 2.54. The molecule has 0 saturated carbocycles. The van der Waals surface area contributed by atoms with Crippen molar-refractivity contribution in [1.82, 2.24) is 9.55 Å². The standard InChI is InChI=1S/C9H14N2O4/c1-14-4-3-11-7(9(13)15-2)5-10-8(11)6-12/h5,12H,3-4,6H2,1-2H3. The lowest BCUT2D eigenvalue weighted by Crippen LogP contribution is -2.15. The minimum Gasteiger partial charge on any atom is -0.464 e.